The van der Waals surface area contributed by atoms with E-state index >= 15 is 4.39 Å². The number of imidazole rings is 1. The second kappa shape index (κ2) is 8.65. The summed E-state index contributed by atoms with van der Waals surface area (Å²) >= 11 is 0. The van der Waals surface area contributed by atoms with E-state index in [1.54, 1.807) is 7.05 Å². The van der Waals surface area contributed by atoms with E-state index in [0.717, 1.165) is 67.3 Å². The molecule has 0 amide bonds. The van der Waals surface area contributed by atoms with Crippen molar-refractivity contribution in [2.24, 2.45) is 0 Å². The van der Waals surface area contributed by atoms with Crippen molar-refractivity contribution in [3.05, 3.63) is 53.4 Å². The van der Waals surface area contributed by atoms with E-state index in [1.807, 2.05) is 19.2 Å². The number of halogens is 1. The molecule has 37 heavy (non-hydrogen) atoms. The number of H-pyrrole nitrogens is 1. The molecule has 1 fully saturated rings. The van der Waals surface area contributed by atoms with Gasteiger partial charge in [0.2, 0.25) is 5.95 Å². The molecule has 3 aromatic heterocycles. The number of aryl methyl sites for hydroxylation is 3. The summed E-state index contributed by atoms with van der Waals surface area (Å²) in [4.78, 5) is 16.0. The van der Waals surface area contributed by atoms with E-state index in [4.69, 9.17) is 15.0 Å². The van der Waals surface area contributed by atoms with Gasteiger partial charge in [0.05, 0.1) is 10.6 Å². The molecule has 1 aliphatic heterocycles. The standard InChI is InChI=1S/C25H27FN8O2S/c1-14-11-20(32-31-14)28-24-22(15-6-7-15)23(18-13-34-10-4-5-21(34)27-18)29-25(30-24)33(2)19-9-8-16(12-17(19)26)37(3,35)36/h8-9,11-13,15H,4-7,10H2,1-3H3,(H2,28,29,30,31,32). The Morgan fingerprint density at radius 2 is 2.00 bits per heavy atom. The van der Waals surface area contributed by atoms with Gasteiger partial charge >= 0.3 is 0 Å². The number of nitrogens with one attached hydrogen (secondary N) is 2. The molecule has 192 valence electrons. The van der Waals surface area contributed by atoms with Gasteiger partial charge in [0.1, 0.15) is 28.8 Å². The molecule has 0 unspecified atom stereocenters. The van der Waals surface area contributed by atoms with Crippen LogP contribution in [0.3, 0.4) is 0 Å². The molecule has 0 atom stereocenters. The number of aromatic nitrogens is 6. The number of hydrogen-bond donors (Lipinski definition) is 2. The van der Waals surface area contributed by atoms with Crippen LogP contribution in [0.1, 0.15) is 42.3 Å². The zero-order valence-electron chi connectivity index (χ0n) is 20.8. The summed E-state index contributed by atoms with van der Waals surface area (Å²) in [6.45, 7) is 2.84. The van der Waals surface area contributed by atoms with Crippen LogP contribution >= 0.6 is 0 Å². The number of benzene rings is 1. The highest BCUT2D eigenvalue weighted by atomic mass is 32.2. The molecule has 0 saturated heterocycles. The molecule has 2 aliphatic rings. The topological polar surface area (TPSA) is 122 Å². The lowest BCUT2D eigenvalue weighted by Crippen LogP contribution is -2.17. The van der Waals surface area contributed by atoms with E-state index in [-0.39, 0.29) is 16.5 Å². The first-order valence-electron chi connectivity index (χ1n) is 12.2. The first-order chi connectivity index (χ1) is 17.7. The largest absolute Gasteiger partial charge is 0.334 e. The summed E-state index contributed by atoms with van der Waals surface area (Å²) in [5.41, 5.74) is 3.52. The van der Waals surface area contributed by atoms with Crippen molar-refractivity contribution in [2.45, 2.75) is 50.0 Å². The minimum Gasteiger partial charge on any atom is -0.334 e. The third kappa shape index (κ3) is 4.45. The van der Waals surface area contributed by atoms with Crippen molar-refractivity contribution < 1.29 is 12.8 Å². The average Bonchev–Trinajstić information content (AvgIpc) is 3.23. The molecule has 1 aliphatic carbocycles. The quantitative estimate of drug-likeness (QED) is 0.369. The van der Waals surface area contributed by atoms with E-state index < -0.39 is 15.7 Å². The van der Waals surface area contributed by atoms with Crippen molar-refractivity contribution in [1.82, 2.24) is 29.7 Å². The van der Waals surface area contributed by atoms with Crippen LogP contribution in [-0.2, 0) is 22.8 Å². The van der Waals surface area contributed by atoms with Crippen LogP contribution < -0.4 is 10.2 Å². The molecule has 10 nitrogen and oxygen atoms in total. The number of anilines is 4. The average molecular weight is 523 g/mol. The summed E-state index contributed by atoms with van der Waals surface area (Å²) in [7, 11) is -1.88. The number of nitrogens with zero attached hydrogens (tertiary/aromatic N) is 6. The molecule has 1 aromatic carbocycles. The maximum absolute atomic E-state index is 15.1. The summed E-state index contributed by atoms with van der Waals surface area (Å²) in [6.07, 6.45) is 7.12. The highest BCUT2D eigenvalue weighted by Gasteiger charge is 2.34. The number of sulfone groups is 1. The Hall–Kier alpha value is -3.80. The van der Waals surface area contributed by atoms with E-state index in [2.05, 4.69) is 20.1 Å². The Balaban J connectivity index is 1.49. The van der Waals surface area contributed by atoms with Crippen molar-refractivity contribution in [3.63, 3.8) is 0 Å². The predicted molar refractivity (Wildman–Crippen MR) is 138 cm³/mol. The van der Waals surface area contributed by atoms with Crippen LogP contribution in [0.4, 0.5) is 27.7 Å². The van der Waals surface area contributed by atoms with Crippen LogP contribution in [-0.4, -0.2) is 51.4 Å². The maximum atomic E-state index is 15.1. The Labute approximate surface area is 213 Å². The molecule has 0 radical (unpaired) electrons. The van der Waals surface area contributed by atoms with Gasteiger partial charge in [-0.25, -0.2) is 22.8 Å². The molecule has 0 spiro atoms. The smallest absolute Gasteiger partial charge is 0.232 e. The van der Waals surface area contributed by atoms with Crippen molar-refractivity contribution >= 4 is 33.1 Å². The molecular formula is C25H27FN8O2S. The minimum absolute atomic E-state index is 0.0865. The fraction of sp³-hybridized carbons (Fsp3) is 0.360. The van der Waals surface area contributed by atoms with Gasteiger partial charge in [0, 0.05) is 49.8 Å². The van der Waals surface area contributed by atoms with Crippen LogP contribution in [0.2, 0.25) is 0 Å². The highest BCUT2D eigenvalue weighted by Crippen LogP contribution is 2.48. The van der Waals surface area contributed by atoms with Crippen molar-refractivity contribution in [2.75, 3.05) is 23.5 Å². The number of rotatable bonds is 7. The molecule has 1 saturated carbocycles. The third-order valence-electron chi connectivity index (χ3n) is 6.78. The second-order valence-corrected chi connectivity index (χ2v) is 11.8. The Morgan fingerprint density at radius 1 is 1.19 bits per heavy atom. The summed E-state index contributed by atoms with van der Waals surface area (Å²) < 4.78 is 41.1. The molecule has 12 heteroatoms. The van der Waals surface area contributed by atoms with Crippen LogP contribution in [0.25, 0.3) is 11.4 Å². The Bertz CT molecular complexity index is 1600. The number of fused-ring (bicyclic) bond motifs is 1. The Morgan fingerprint density at radius 3 is 2.65 bits per heavy atom. The summed E-state index contributed by atoms with van der Waals surface area (Å²) in [5.74, 6) is 2.12. The molecule has 0 bridgehead atoms. The van der Waals surface area contributed by atoms with Crippen molar-refractivity contribution in [3.8, 4) is 11.4 Å². The zero-order valence-corrected chi connectivity index (χ0v) is 21.6. The van der Waals surface area contributed by atoms with Gasteiger partial charge in [-0.3, -0.25) is 5.10 Å². The monoisotopic (exact) mass is 522 g/mol. The Kier molecular flexibility index (Phi) is 5.51. The van der Waals surface area contributed by atoms with Crippen LogP contribution in [0.15, 0.2) is 35.4 Å². The maximum Gasteiger partial charge on any atom is 0.232 e. The minimum atomic E-state index is -3.54. The molecule has 6 rings (SSSR count). The first-order valence-corrected chi connectivity index (χ1v) is 14.1. The summed E-state index contributed by atoms with van der Waals surface area (Å²) in [6, 6.07) is 5.72. The van der Waals surface area contributed by atoms with E-state index in [1.165, 1.54) is 17.0 Å². The fourth-order valence-electron chi connectivity index (χ4n) is 4.73. The number of aromatic amines is 1. The number of hydrogen-bond acceptors (Lipinski definition) is 8. The van der Waals surface area contributed by atoms with Gasteiger partial charge in [-0.15, -0.1) is 0 Å². The first kappa shape index (κ1) is 23.6. The van der Waals surface area contributed by atoms with Crippen LogP contribution in [0, 0.1) is 12.7 Å². The highest BCUT2D eigenvalue weighted by molar-refractivity contribution is 7.90. The van der Waals surface area contributed by atoms with Gasteiger partial charge < -0.3 is 14.8 Å². The third-order valence-corrected chi connectivity index (χ3v) is 7.89. The van der Waals surface area contributed by atoms with Gasteiger partial charge in [0.15, 0.2) is 15.7 Å². The normalized spacial score (nSPS) is 15.1. The SMILES string of the molecule is Cc1cc(Nc2nc(N(C)c3ccc(S(C)(=O)=O)cc3F)nc(-c3cn4c(n3)CCC4)c2C2CC2)n[nH]1. The molecule has 2 N–H and O–H groups in total. The lowest BCUT2D eigenvalue weighted by Gasteiger charge is -2.22. The molecular weight excluding hydrogens is 495 g/mol. The lowest BCUT2D eigenvalue weighted by atomic mass is 10.1. The predicted octanol–water partition coefficient (Wildman–Crippen LogP) is 4.25. The van der Waals surface area contributed by atoms with Gasteiger partial charge in [-0.1, -0.05) is 0 Å². The van der Waals surface area contributed by atoms with Gasteiger partial charge in [0.25, 0.3) is 0 Å². The zero-order chi connectivity index (χ0) is 25.9. The van der Waals surface area contributed by atoms with E-state index in [0.29, 0.717) is 23.2 Å². The lowest BCUT2D eigenvalue weighted by molar-refractivity contribution is 0.596. The van der Waals surface area contributed by atoms with Crippen LogP contribution in [0.5, 0.6) is 0 Å². The summed E-state index contributed by atoms with van der Waals surface area (Å²) in [5, 5.41) is 10.6. The molecule has 4 aromatic rings. The second-order valence-electron chi connectivity index (χ2n) is 9.75. The van der Waals surface area contributed by atoms with Gasteiger partial charge in [-0.05, 0) is 50.3 Å². The van der Waals surface area contributed by atoms with Gasteiger partial charge in [-0.2, -0.15) is 10.1 Å². The van der Waals surface area contributed by atoms with Crippen molar-refractivity contribution in [1.29, 1.82) is 0 Å². The fourth-order valence-corrected chi connectivity index (χ4v) is 5.36. The molecule has 4 heterocycles. The van der Waals surface area contributed by atoms with E-state index in [9.17, 15) is 8.42 Å².